The van der Waals surface area contributed by atoms with Crippen LogP contribution in [0.25, 0.3) is 0 Å². The number of fused-ring (bicyclic) bond motifs is 2. The van der Waals surface area contributed by atoms with Crippen molar-refractivity contribution in [3.8, 4) is 0 Å². The zero-order chi connectivity index (χ0) is 13.5. The summed E-state index contributed by atoms with van der Waals surface area (Å²) < 4.78 is 27.4. The van der Waals surface area contributed by atoms with Crippen molar-refractivity contribution >= 4 is 34.0 Å². The topological polar surface area (TPSA) is 58.2 Å². The molecule has 2 aliphatic heterocycles. The average Bonchev–Trinajstić information content (AvgIpc) is 2.68. The zero-order valence-electron chi connectivity index (χ0n) is 10.9. The summed E-state index contributed by atoms with van der Waals surface area (Å²) >= 11 is 5.85. The lowest BCUT2D eigenvalue weighted by Gasteiger charge is -2.29. The van der Waals surface area contributed by atoms with Crippen molar-refractivity contribution in [2.24, 2.45) is 0 Å². The van der Waals surface area contributed by atoms with Gasteiger partial charge in [0.1, 0.15) is 0 Å². The van der Waals surface area contributed by atoms with Gasteiger partial charge in [0.15, 0.2) is 0 Å². The van der Waals surface area contributed by atoms with E-state index in [2.05, 4.69) is 10.0 Å². The Morgan fingerprint density at radius 3 is 2.45 bits per heavy atom. The van der Waals surface area contributed by atoms with E-state index in [0.29, 0.717) is 17.1 Å². The summed E-state index contributed by atoms with van der Waals surface area (Å²) in [5.41, 5.74) is 0. The molecule has 3 rings (SSSR count). The van der Waals surface area contributed by atoms with Gasteiger partial charge in [-0.1, -0.05) is 17.7 Å². The Bertz CT molecular complexity index is 567. The summed E-state index contributed by atoms with van der Waals surface area (Å²) in [5.74, 6) is 0. The first-order chi connectivity index (χ1) is 9.03. The van der Waals surface area contributed by atoms with Crippen LogP contribution in [0.3, 0.4) is 0 Å². The van der Waals surface area contributed by atoms with Gasteiger partial charge < -0.3 is 5.32 Å². The molecule has 0 aliphatic carbocycles. The molecule has 0 spiro atoms. The van der Waals surface area contributed by atoms with E-state index in [1.807, 2.05) is 0 Å². The fourth-order valence-corrected chi connectivity index (χ4v) is 4.64. The van der Waals surface area contributed by atoms with E-state index in [9.17, 15) is 8.42 Å². The maximum Gasteiger partial charge on any atom is 0.240 e. The van der Waals surface area contributed by atoms with Gasteiger partial charge in [-0.25, -0.2) is 13.1 Å². The van der Waals surface area contributed by atoms with Crippen LogP contribution in [0.4, 0.5) is 0 Å². The molecule has 20 heavy (non-hydrogen) atoms. The maximum atomic E-state index is 12.3. The number of rotatable bonds is 3. The largest absolute Gasteiger partial charge is 0.311 e. The van der Waals surface area contributed by atoms with Gasteiger partial charge in [0, 0.05) is 23.1 Å². The van der Waals surface area contributed by atoms with Gasteiger partial charge in [0.05, 0.1) is 4.90 Å². The van der Waals surface area contributed by atoms with Gasteiger partial charge in [0.25, 0.3) is 0 Å². The second-order valence-corrected chi connectivity index (χ2v) is 7.54. The summed E-state index contributed by atoms with van der Waals surface area (Å²) in [7, 11) is -3.46. The van der Waals surface area contributed by atoms with E-state index in [-0.39, 0.29) is 23.3 Å². The molecule has 7 heteroatoms. The number of sulfonamides is 1. The molecular weight excluding hydrogens is 319 g/mol. The number of piperidine rings is 1. The fourth-order valence-electron chi connectivity index (χ4n) is 3.08. The Labute approximate surface area is 130 Å². The van der Waals surface area contributed by atoms with Gasteiger partial charge in [0.2, 0.25) is 10.0 Å². The third-order valence-corrected chi connectivity index (χ3v) is 5.65. The summed E-state index contributed by atoms with van der Waals surface area (Å²) in [4.78, 5) is 0.242. The van der Waals surface area contributed by atoms with Crippen molar-refractivity contribution in [3.05, 3.63) is 29.3 Å². The molecule has 2 heterocycles. The number of halogens is 2. The Morgan fingerprint density at radius 2 is 1.85 bits per heavy atom. The van der Waals surface area contributed by atoms with Gasteiger partial charge >= 0.3 is 0 Å². The Balaban J connectivity index is 0.00000147. The maximum absolute atomic E-state index is 12.3. The SMILES string of the molecule is Cl.O=S(=O)(NC1CC2CCC(C1)N2)c1cccc(Cl)c1. The van der Waals surface area contributed by atoms with Crippen LogP contribution in [0, 0.1) is 0 Å². The van der Waals surface area contributed by atoms with Crippen molar-refractivity contribution in [1.82, 2.24) is 10.0 Å². The van der Waals surface area contributed by atoms with Crippen LogP contribution < -0.4 is 10.0 Å². The van der Waals surface area contributed by atoms with Crippen LogP contribution in [0.15, 0.2) is 29.2 Å². The Kier molecular flexibility index (Phi) is 4.97. The monoisotopic (exact) mass is 336 g/mol. The van der Waals surface area contributed by atoms with Crippen LogP contribution in [0.2, 0.25) is 5.02 Å². The molecular formula is C13H18Cl2N2O2S. The highest BCUT2D eigenvalue weighted by atomic mass is 35.5. The molecule has 2 bridgehead atoms. The molecule has 2 saturated heterocycles. The molecule has 2 N–H and O–H groups in total. The van der Waals surface area contributed by atoms with Crippen molar-refractivity contribution in [2.45, 2.75) is 48.7 Å². The van der Waals surface area contributed by atoms with E-state index >= 15 is 0 Å². The molecule has 0 amide bonds. The highest BCUT2D eigenvalue weighted by Gasteiger charge is 2.35. The first-order valence-corrected chi connectivity index (χ1v) is 8.43. The predicted molar refractivity (Wildman–Crippen MR) is 82.0 cm³/mol. The number of benzene rings is 1. The quantitative estimate of drug-likeness (QED) is 0.890. The average molecular weight is 337 g/mol. The minimum atomic E-state index is -3.46. The second-order valence-electron chi connectivity index (χ2n) is 5.38. The van der Waals surface area contributed by atoms with Crippen molar-refractivity contribution in [3.63, 3.8) is 0 Å². The van der Waals surface area contributed by atoms with Gasteiger partial charge in [-0.15, -0.1) is 12.4 Å². The fraction of sp³-hybridized carbons (Fsp3) is 0.538. The first kappa shape index (κ1) is 16.0. The number of hydrogen-bond acceptors (Lipinski definition) is 3. The molecule has 112 valence electrons. The normalized spacial score (nSPS) is 28.9. The summed E-state index contributed by atoms with van der Waals surface area (Å²) in [5, 5.41) is 3.94. The highest BCUT2D eigenvalue weighted by Crippen LogP contribution is 2.27. The first-order valence-electron chi connectivity index (χ1n) is 6.57. The van der Waals surface area contributed by atoms with Crippen LogP contribution >= 0.6 is 24.0 Å². The van der Waals surface area contributed by atoms with Crippen LogP contribution in [-0.2, 0) is 10.0 Å². The van der Waals surface area contributed by atoms with Crippen LogP contribution in [0.1, 0.15) is 25.7 Å². The highest BCUT2D eigenvalue weighted by molar-refractivity contribution is 7.89. The molecule has 2 fully saturated rings. The third-order valence-electron chi connectivity index (χ3n) is 3.90. The van der Waals surface area contributed by atoms with E-state index in [4.69, 9.17) is 11.6 Å². The van der Waals surface area contributed by atoms with E-state index in [1.54, 1.807) is 18.2 Å². The van der Waals surface area contributed by atoms with Crippen molar-refractivity contribution in [1.29, 1.82) is 0 Å². The molecule has 2 unspecified atom stereocenters. The second kappa shape index (κ2) is 6.20. The third kappa shape index (κ3) is 3.46. The van der Waals surface area contributed by atoms with Crippen LogP contribution in [0.5, 0.6) is 0 Å². The predicted octanol–water partition coefficient (Wildman–Crippen LogP) is 2.32. The lowest BCUT2D eigenvalue weighted by molar-refractivity contribution is 0.345. The smallest absolute Gasteiger partial charge is 0.240 e. The minimum Gasteiger partial charge on any atom is -0.311 e. The number of nitrogens with one attached hydrogen (secondary N) is 2. The van der Waals surface area contributed by atoms with Gasteiger partial charge in [-0.3, -0.25) is 0 Å². The van der Waals surface area contributed by atoms with Crippen molar-refractivity contribution in [2.75, 3.05) is 0 Å². The molecule has 4 nitrogen and oxygen atoms in total. The Hall–Kier alpha value is -0.330. The standard InChI is InChI=1S/C13H17ClN2O2S.ClH/c14-9-2-1-3-13(6-9)19(17,18)16-12-7-10-4-5-11(8-12)15-10;/h1-3,6,10-12,15-16H,4-5,7-8H2;1H. The summed E-state index contributed by atoms with van der Waals surface area (Å²) in [6.45, 7) is 0. The van der Waals surface area contributed by atoms with Crippen LogP contribution in [-0.4, -0.2) is 26.5 Å². The molecule has 0 aromatic heterocycles. The lowest BCUT2D eigenvalue weighted by atomic mass is 10.0. The molecule has 2 atom stereocenters. The summed E-state index contributed by atoms with van der Waals surface area (Å²) in [6.07, 6.45) is 4.05. The van der Waals surface area contributed by atoms with E-state index < -0.39 is 10.0 Å². The summed E-state index contributed by atoms with van der Waals surface area (Å²) in [6, 6.07) is 7.34. The minimum absolute atomic E-state index is 0. The van der Waals surface area contributed by atoms with Gasteiger partial charge in [-0.2, -0.15) is 0 Å². The molecule has 2 aliphatic rings. The van der Waals surface area contributed by atoms with Crippen molar-refractivity contribution < 1.29 is 8.42 Å². The van der Waals surface area contributed by atoms with E-state index in [1.165, 1.54) is 6.07 Å². The van der Waals surface area contributed by atoms with E-state index in [0.717, 1.165) is 25.7 Å². The van der Waals surface area contributed by atoms with Gasteiger partial charge in [-0.05, 0) is 43.9 Å². The zero-order valence-corrected chi connectivity index (χ0v) is 13.3. The Morgan fingerprint density at radius 1 is 1.20 bits per heavy atom. The molecule has 1 aromatic rings. The lowest BCUT2D eigenvalue weighted by Crippen LogP contribution is -2.47. The molecule has 1 aromatic carbocycles. The number of hydrogen-bond donors (Lipinski definition) is 2. The molecule has 0 radical (unpaired) electrons. The molecule has 0 saturated carbocycles.